The van der Waals surface area contributed by atoms with Gasteiger partial charge in [0.1, 0.15) is 30.0 Å². The molecule has 1 atom stereocenters. The predicted octanol–water partition coefficient (Wildman–Crippen LogP) is 4.33. The van der Waals surface area contributed by atoms with Crippen molar-refractivity contribution in [1.29, 1.82) is 0 Å². The second-order valence-corrected chi connectivity index (χ2v) is 10.2. The van der Waals surface area contributed by atoms with Gasteiger partial charge in [-0.1, -0.05) is 24.3 Å². The molecule has 1 aliphatic heterocycles. The molecule has 1 aromatic heterocycles. The minimum Gasteiger partial charge on any atom is -0.491 e. The van der Waals surface area contributed by atoms with Crippen LogP contribution < -0.4 is 14.5 Å². The van der Waals surface area contributed by atoms with Gasteiger partial charge in [0.15, 0.2) is 0 Å². The zero-order valence-electron chi connectivity index (χ0n) is 20.7. The first-order valence-corrected chi connectivity index (χ1v) is 13.1. The van der Waals surface area contributed by atoms with Crippen LogP contribution in [0.3, 0.4) is 0 Å². The highest BCUT2D eigenvalue weighted by Crippen LogP contribution is 2.27. The molecule has 8 nitrogen and oxygen atoms in total. The third-order valence-electron chi connectivity index (χ3n) is 6.19. The molecule has 0 saturated carbocycles. The van der Waals surface area contributed by atoms with E-state index in [1.807, 2.05) is 84.7 Å². The molecule has 0 spiro atoms. The number of aromatic nitrogens is 1. The number of aliphatic hydroxyl groups excluding tert-OH is 1. The number of nitrogens with zero attached hydrogens (tertiary/aromatic N) is 4. The van der Waals surface area contributed by atoms with E-state index in [9.17, 15) is 9.90 Å². The maximum Gasteiger partial charge on any atom is 0.228 e. The average Bonchev–Trinajstić information content (AvgIpc) is 3.29. The largest absolute Gasteiger partial charge is 0.491 e. The number of rotatable bonds is 10. The number of benzene rings is 3. The lowest BCUT2D eigenvalue weighted by Gasteiger charge is -2.39. The van der Waals surface area contributed by atoms with Crippen molar-refractivity contribution in [2.24, 2.45) is 0 Å². The van der Waals surface area contributed by atoms with Gasteiger partial charge in [-0.2, -0.15) is 0 Å². The van der Waals surface area contributed by atoms with Crippen LogP contribution in [0.4, 0.5) is 5.69 Å². The van der Waals surface area contributed by atoms with Crippen LogP contribution in [0.15, 0.2) is 72.8 Å². The monoisotopic (exact) mass is 518 g/mol. The SMILES string of the molecule is Cc1nc2cc(OC[C@H](O)CN3CCN(N(C=O)c4cccc(Oc5ccccc5)c4)CC3)ccc2s1. The Morgan fingerprint density at radius 2 is 1.78 bits per heavy atom. The fraction of sp³-hybridized carbons (Fsp3) is 0.286. The molecule has 1 saturated heterocycles. The smallest absolute Gasteiger partial charge is 0.228 e. The first-order valence-electron chi connectivity index (χ1n) is 12.3. The van der Waals surface area contributed by atoms with Crippen molar-refractivity contribution < 1.29 is 19.4 Å². The number of aliphatic hydroxyl groups is 1. The van der Waals surface area contributed by atoms with Crippen molar-refractivity contribution >= 4 is 33.7 Å². The summed E-state index contributed by atoms with van der Waals surface area (Å²) in [6, 6.07) is 22.9. The highest BCUT2D eigenvalue weighted by atomic mass is 32.1. The number of carbonyl (C=O) groups excluding carboxylic acids is 1. The summed E-state index contributed by atoms with van der Waals surface area (Å²) >= 11 is 1.65. The number of fused-ring (bicyclic) bond motifs is 1. The Kier molecular flexibility index (Phi) is 7.96. The van der Waals surface area contributed by atoms with Crippen molar-refractivity contribution in [3.8, 4) is 17.2 Å². The number of hydrogen-bond acceptors (Lipinski definition) is 8. The Hall–Kier alpha value is -3.50. The van der Waals surface area contributed by atoms with Gasteiger partial charge in [0.2, 0.25) is 6.41 Å². The fourth-order valence-electron chi connectivity index (χ4n) is 4.40. The summed E-state index contributed by atoms with van der Waals surface area (Å²) in [6.45, 7) is 5.49. The van der Waals surface area contributed by atoms with E-state index in [0.717, 1.165) is 46.2 Å². The molecule has 0 radical (unpaired) electrons. The van der Waals surface area contributed by atoms with Gasteiger partial charge < -0.3 is 14.6 Å². The normalized spacial score (nSPS) is 15.4. The van der Waals surface area contributed by atoms with Crippen LogP contribution >= 0.6 is 11.3 Å². The van der Waals surface area contributed by atoms with Crippen LogP contribution in [0.2, 0.25) is 0 Å². The fourth-order valence-corrected chi connectivity index (χ4v) is 5.20. The molecule has 0 aliphatic carbocycles. The van der Waals surface area contributed by atoms with Crippen molar-refractivity contribution in [3.63, 3.8) is 0 Å². The summed E-state index contributed by atoms with van der Waals surface area (Å²) in [5.41, 5.74) is 1.67. The lowest BCUT2D eigenvalue weighted by Crippen LogP contribution is -2.55. The van der Waals surface area contributed by atoms with Crippen molar-refractivity contribution in [2.75, 3.05) is 44.3 Å². The minimum absolute atomic E-state index is 0.212. The summed E-state index contributed by atoms with van der Waals surface area (Å²) < 4.78 is 12.9. The number of ether oxygens (including phenoxy) is 2. The Labute approximate surface area is 220 Å². The van der Waals surface area contributed by atoms with E-state index in [0.29, 0.717) is 31.1 Å². The van der Waals surface area contributed by atoms with Gasteiger partial charge >= 0.3 is 0 Å². The van der Waals surface area contributed by atoms with Gasteiger partial charge in [-0.25, -0.2) is 15.0 Å². The van der Waals surface area contributed by atoms with E-state index in [-0.39, 0.29) is 6.61 Å². The second-order valence-electron chi connectivity index (χ2n) is 8.94. The topological polar surface area (TPSA) is 78.4 Å². The van der Waals surface area contributed by atoms with Crippen LogP contribution in [0.25, 0.3) is 10.2 Å². The molecule has 0 unspecified atom stereocenters. The summed E-state index contributed by atoms with van der Waals surface area (Å²) in [5.74, 6) is 2.12. The maximum absolute atomic E-state index is 12.0. The zero-order valence-corrected chi connectivity index (χ0v) is 21.5. The Bertz CT molecular complexity index is 1320. The molecule has 5 rings (SSSR count). The summed E-state index contributed by atoms with van der Waals surface area (Å²) in [4.78, 5) is 18.7. The molecule has 1 amide bonds. The number of carbonyl (C=O) groups is 1. The molecule has 1 N–H and O–H groups in total. The summed E-state index contributed by atoms with van der Waals surface area (Å²) in [5, 5.41) is 15.2. The number of hydrazine groups is 1. The van der Waals surface area contributed by atoms with Gasteiger partial charge in [-0.15, -0.1) is 11.3 Å². The van der Waals surface area contributed by atoms with Crippen molar-refractivity contribution in [3.05, 3.63) is 77.8 Å². The lowest BCUT2D eigenvalue weighted by molar-refractivity contribution is -0.110. The first-order chi connectivity index (χ1) is 18.1. The lowest BCUT2D eigenvalue weighted by atomic mass is 10.2. The molecule has 2 heterocycles. The number of amides is 1. The molecule has 9 heteroatoms. The van der Waals surface area contributed by atoms with E-state index >= 15 is 0 Å². The first kappa shape index (κ1) is 25.2. The molecule has 1 aliphatic rings. The quantitative estimate of drug-likeness (QED) is 0.313. The van der Waals surface area contributed by atoms with Gasteiger partial charge in [-0.05, 0) is 43.3 Å². The highest BCUT2D eigenvalue weighted by molar-refractivity contribution is 7.18. The van der Waals surface area contributed by atoms with Gasteiger partial charge in [0.25, 0.3) is 0 Å². The average molecular weight is 519 g/mol. The second kappa shape index (κ2) is 11.7. The predicted molar refractivity (Wildman–Crippen MR) is 145 cm³/mol. The molecule has 37 heavy (non-hydrogen) atoms. The van der Waals surface area contributed by atoms with Gasteiger partial charge in [-0.3, -0.25) is 9.69 Å². The number of hydrogen-bond donors (Lipinski definition) is 1. The molecular formula is C28H30N4O4S. The molecule has 0 bridgehead atoms. The molecule has 1 fully saturated rings. The number of thiazole rings is 1. The summed E-state index contributed by atoms with van der Waals surface area (Å²) in [6.07, 6.45) is 0.217. The van der Waals surface area contributed by atoms with Gasteiger partial charge in [0.05, 0.1) is 20.9 Å². The van der Waals surface area contributed by atoms with Crippen LogP contribution in [-0.4, -0.2) is 71.8 Å². The van der Waals surface area contributed by atoms with E-state index in [2.05, 4.69) is 9.88 Å². The minimum atomic E-state index is -0.617. The molecule has 192 valence electrons. The third kappa shape index (κ3) is 6.44. The third-order valence-corrected chi connectivity index (χ3v) is 7.14. The maximum atomic E-state index is 12.0. The molecule has 4 aromatic rings. The number of β-amino-alcohol motifs (C(OH)–C–C–N with tert-alkyl or cyclic N) is 1. The van der Waals surface area contributed by atoms with Crippen molar-refractivity contribution in [1.82, 2.24) is 14.9 Å². The highest BCUT2D eigenvalue weighted by Gasteiger charge is 2.24. The number of para-hydroxylation sites is 1. The van der Waals surface area contributed by atoms with Crippen molar-refractivity contribution in [2.45, 2.75) is 13.0 Å². The number of aryl methyl sites for hydroxylation is 1. The Balaban J connectivity index is 1.11. The number of anilines is 1. The van der Waals surface area contributed by atoms with Gasteiger partial charge in [0, 0.05) is 44.9 Å². The standard InChI is InChI=1S/C28H30N4O4S/c1-21-29-27-17-25(10-11-28(27)37-21)35-19-23(34)18-30-12-14-31(15-13-30)32(20-33)22-6-5-9-26(16-22)36-24-7-3-2-4-8-24/h2-11,16-17,20,23,34H,12-15,18-19H2,1H3/t23-/m1/s1. The number of piperazine rings is 1. The van der Waals surface area contributed by atoms with Crippen LogP contribution in [0.5, 0.6) is 17.2 Å². The van der Waals surface area contributed by atoms with Crippen LogP contribution in [0.1, 0.15) is 5.01 Å². The van der Waals surface area contributed by atoms with E-state index in [1.54, 1.807) is 16.3 Å². The molecule has 3 aromatic carbocycles. The van der Waals surface area contributed by atoms with E-state index in [1.165, 1.54) is 0 Å². The Morgan fingerprint density at radius 1 is 1.00 bits per heavy atom. The summed E-state index contributed by atoms with van der Waals surface area (Å²) in [7, 11) is 0. The zero-order chi connectivity index (χ0) is 25.6. The van der Waals surface area contributed by atoms with E-state index in [4.69, 9.17) is 9.47 Å². The Morgan fingerprint density at radius 3 is 2.57 bits per heavy atom. The molecular weight excluding hydrogens is 488 g/mol. The van der Waals surface area contributed by atoms with Crippen LogP contribution in [0, 0.1) is 6.92 Å². The van der Waals surface area contributed by atoms with Crippen LogP contribution in [-0.2, 0) is 4.79 Å². The van der Waals surface area contributed by atoms with E-state index < -0.39 is 6.10 Å².